The first kappa shape index (κ1) is 13.8. The summed E-state index contributed by atoms with van der Waals surface area (Å²) in [7, 11) is 0. The lowest BCUT2D eigenvalue weighted by Crippen LogP contribution is -2.49. The van der Waals surface area contributed by atoms with E-state index in [1.165, 1.54) is 12.1 Å². The molecule has 3 rings (SSSR count). The molecule has 0 bridgehead atoms. The molecule has 4 nitrogen and oxygen atoms in total. The van der Waals surface area contributed by atoms with Gasteiger partial charge in [-0.1, -0.05) is 12.1 Å². The minimum Gasteiger partial charge on any atom is -0.472 e. The average Bonchev–Trinajstić information content (AvgIpc) is 2.97. The fourth-order valence-electron chi connectivity index (χ4n) is 2.51. The molecule has 0 atom stereocenters. The molecular weight excluding hydrogens is 271 g/mol. The topological polar surface area (TPSA) is 36.7 Å². The van der Waals surface area contributed by atoms with E-state index < -0.39 is 0 Å². The van der Waals surface area contributed by atoms with Crippen LogP contribution in [-0.4, -0.2) is 35.3 Å². The zero-order valence-electron chi connectivity index (χ0n) is 11.7. The van der Waals surface area contributed by atoms with Crippen molar-refractivity contribution in [2.24, 2.45) is 0 Å². The quantitative estimate of drug-likeness (QED) is 0.866. The van der Waals surface area contributed by atoms with E-state index in [1.54, 1.807) is 24.7 Å². The maximum absolute atomic E-state index is 12.9. The minimum absolute atomic E-state index is 0.106. The third kappa shape index (κ3) is 3.49. The van der Waals surface area contributed by atoms with Crippen LogP contribution < -0.4 is 0 Å². The summed E-state index contributed by atoms with van der Waals surface area (Å²) in [6.07, 6.45) is 3.34. The highest BCUT2D eigenvalue weighted by Gasteiger charge is 2.24. The molecule has 1 aliphatic rings. The average molecular weight is 288 g/mol. The fraction of sp³-hybridized carbons (Fsp3) is 0.312. The first-order chi connectivity index (χ1) is 10.2. The number of furan rings is 1. The minimum atomic E-state index is -0.255. The third-order valence-electron chi connectivity index (χ3n) is 3.67. The van der Waals surface area contributed by atoms with E-state index in [4.69, 9.17) is 4.42 Å². The fourth-order valence-corrected chi connectivity index (χ4v) is 2.51. The van der Waals surface area contributed by atoms with Crippen LogP contribution in [0.2, 0.25) is 0 Å². The molecule has 5 heteroatoms. The lowest BCUT2D eigenvalue weighted by atomic mass is 10.2. The van der Waals surface area contributed by atoms with E-state index in [9.17, 15) is 9.18 Å². The molecular formula is C16H17FN2O2. The van der Waals surface area contributed by atoms with Gasteiger partial charge in [-0.2, -0.15) is 0 Å². The number of amides is 1. The van der Waals surface area contributed by atoms with Gasteiger partial charge in [0.2, 0.25) is 5.91 Å². The van der Waals surface area contributed by atoms with E-state index in [1.807, 2.05) is 11.0 Å². The van der Waals surface area contributed by atoms with E-state index in [-0.39, 0.29) is 11.7 Å². The summed E-state index contributed by atoms with van der Waals surface area (Å²) in [4.78, 5) is 16.1. The van der Waals surface area contributed by atoms with Crippen molar-refractivity contribution in [2.45, 2.75) is 13.1 Å². The Morgan fingerprint density at radius 3 is 2.52 bits per heavy atom. The van der Waals surface area contributed by atoms with Crippen LogP contribution in [0, 0.1) is 5.82 Å². The predicted molar refractivity (Wildman–Crippen MR) is 75.8 cm³/mol. The Kier molecular flexibility index (Phi) is 4.01. The van der Waals surface area contributed by atoms with Gasteiger partial charge in [-0.05, 0) is 23.8 Å². The molecule has 1 aromatic heterocycles. The predicted octanol–water partition coefficient (Wildman–Crippen LogP) is 2.26. The normalized spacial score (nSPS) is 16.4. The van der Waals surface area contributed by atoms with Crippen molar-refractivity contribution in [1.82, 2.24) is 9.80 Å². The molecule has 110 valence electrons. The smallest absolute Gasteiger partial charge is 0.237 e. The van der Waals surface area contributed by atoms with Gasteiger partial charge in [0.15, 0.2) is 0 Å². The summed E-state index contributed by atoms with van der Waals surface area (Å²) in [5.74, 6) is -0.149. The van der Waals surface area contributed by atoms with Crippen LogP contribution >= 0.6 is 0 Å². The molecule has 0 unspecified atom stereocenters. The van der Waals surface area contributed by atoms with Gasteiger partial charge in [0, 0.05) is 31.7 Å². The van der Waals surface area contributed by atoms with E-state index >= 15 is 0 Å². The Labute approximate surface area is 122 Å². The van der Waals surface area contributed by atoms with Gasteiger partial charge in [0.25, 0.3) is 0 Å². The number of rotatable bonds is 4. The Balaban J connectivity index is 1.56. The Bertz CT molecular complexity index is 595. The zero-order valence-corrected chi connectivity index (χ0v) is 11.7. The van der Waals surface area contributed by atoms with Crippen molar-refractivity contribution in [3.63, 3.8) is 0 Å². The second-order valence-electron chi connectivity index (χ2n) is 5.28. The number of nitrogens with zero attached hydrogens (tertiary/aromatic N) is 2. The molecule has 0 aliphatic carbocycles. The molecule has 2 aromatic rings. The van der Waals surface area contributed by atoms with Crippen LogP contribution in [0.3, 0.4) is 0 Å². The Morgan fingerprint density at radius 2 is 1.86 bits per heavy atom. The number of hydrogen-bond acceptors (Lipinski definition) is 3. The number of carbonyl (C=O) groups is 1. The van der Waals surface area contributed by atoms with Crippen molar-refractivity contribution >= 4 is 5.91 Å². The van der Waals surface area contributed by atoms with Gasteiger partial charge in [-0.3, -0.25) is 9.69 Å². The summed E-state index contributed by atoms with van der Waals surface area (Å²) in [6, 6.07) is 8.21. The molecule has 2 heterocycles. The zero-order chi connectivity index (χ0) is 14.7. The number of benzene rings is 1. The highest BCUT2D eigenvalue weighted by Crippen LogP contribution is 2.13. The van der Waals surface area contributed by atoms with Crippen LogP contribution in [0.25, 0.3) is 0 Å². The van der Waals surface area contributed by atoms with Gasteiger partial charge in [-0.25, -0.2) is 4.39 Å². The first-order valence-corrected chi connectivity index (χ1v) is 6.96. The number of piperazine rings is 1. The van der Waals surface area contributed by atoms with E-state index in [0.717, 1.165) is 24.2 Å². The molecule has 0 N–H and O–H groups in total. The maximum Gasteiger partial charge on any atom is 0.237 e. The van der Waals surface area contributed by atoms with Crippen molar-refractivity contribution in [2.75, 3.05) is 19.6 Å². The molecule has 21 heavy (non-hydrogen) atoms. The van der Waals surface area contributed by atoms with Gasteiger partial charge >= 0.3 is 0 Å². The molecule has 1 saturated heterocycles. The summed E-state index contributed by atoms with van der Waals surface area (Å²) < 4.78 is 17.9. The SMILES string of the molecule is O=C1CN(Cc2ccoc2)CCN1Cc1ccc(F)cc1. The second kappa shape index (κ2) is 6.10. The summed E-state index contributed by atoms with van der Waals surface area (Å²) in [5.41, 5.74) is 2.03. The van der Waals surface area contributed by atoms with E-state index in [2.05, 4.69) is 4.90 Å². The summed E-state index contributed by atoms with van der Waals surface area (Å²) in [6.45, 7) is 3.20. The van der Waals surface area contributed by atoms with Gasteiger partial charge in [0.1, 0.15) is 5.82 Å². The molecule has 1 aliphatic heterocycles. The molecule has 1 fully saturated rings. The van der Waals surface area contributed by atoms with Crippen molar-refractivity contribution in [1.29, 1.82) is 0 Å². The van der Waals surface area contributed by atoms with Crippen LogP contribution in [0.15, 0.2) is 47.3 Å². The summed E-state index contributed by atoms with van der Waals surface area (Å²) in [5, 5.41) is 0. The second-order valence-corrected chi connectivity index (χ2v) is 5.28. The van der Waals surface area contributed by atoms with Crippen molar-refractivity contribution < 1.29 is 13.6 Å². The molecule has 0 saturated carbocycles. The Hall–Kier alpha value is -2.14. The van der Waals surface area contributed by atoms with Gasteiger partial charge < -0.3 is 9.32 Å². The molecule has 0 spiro atoms. The van der Waals surface area contributed by atoms with E-state index in [0.29, 0.717) is 19.6 Å². The monoisotopic (exact) mass is 288 g/mol. The van der Waals surface area contributed by atoms with Crippen LogP contribution in [0.5, 0.6) is 0 Å². The molecule has 1 amide bonds. The van der Waals surface area contributed by atoms with Crippen molar-refractivity contribution in [3.8, 4) is 0 Å². The van der Waals surface area contributed by atoms with Crippen molar-refractivity contribution in [3.05, 3.63) is 59.8 Å². The maximum atomic E-state index is 12.9. The summed E-state index contributed by atoms with van der Waals surface area (Å²) >= 11 is 0. The number of halogens is 1. The standard InChI is InChI=1S/C16H17FN2O2/c17-15-3-1-13(2-4-15)10-19-7-6-18(11-16(19)20)9-14-5-8-21-12-14/h1-5,8,12H,6-7,9-11H2. The third-order valence-corrected chi connectivity index (χ3v) is 3.67. The van der Waals surface area contributed by atoms with Crippen LogP contribution in [0.1, 0.15) is 11.1 Å². The largest absolute Gasteiger partial charge is 0.472 e. The van der Waals surface area contributed by atoms with Crippen LogP contribution in [0.4, 0.5) is 4.39 Å². The van der Waals surface area contributed by atoms with Gasteiger partial charge in [0.05, 0.1) is 19.1 Å². The number of carbonyl (C=O) groups excluding carboxylic acids is 1. The highest BCUT2D eigenvalue weighted by atomic mass is 19.1. The molecule has 1 aromatic carbocycles. The van der Waals surface area contributed by atoms with Crippen LogP contribution in [-0.2, 0) is 17.9 Å². The lowest BCUT2D eigenvalue weighted by molar-refractivity contribution is -0.136. The molecule has 0 radical (unpaired) electrons. The number of hydrogen-bond donors (Lipinski definition) is 0. The Morgan fingerprint density at radius 1 is 1.05 bits per heavy atom. The van der Waals surface area contributed by atoms with Gasteiger partial charge in [-0.15, -0.1) is 0 Å². The highest BCUT2D eigenvalue weighted by molar-refractivity contribution is 5.79. The lowest BCUT2D eigenvalue weighted by Gasteiger charge is -2.34. The first-order valence-electron chi connectivity index (χ1n) is 6.96.